The second kappa shape index (κ2) is 9.50. The Hall–Kier alpha value is -2.59. The Balaban J connectivity index is 1.82. The van der Waals surface area contributed by atoms with Crippen molar-refractivity contribution in [3.8, 4) is 11.1 Å². The molecule has 1 aromatic heterocycles. The number of carbonyl (C=O) groups excluding carboxylic acids is 1. The van der Waals surface area contributed by atoms with E-state index in [0.717, 1.165) is 53.5 Å². The van der Waals surface area contributed by atoms with Gasteiger partial charge in [0.1, 0.15) is 0 Å². The van der Waals surface area contributed by atoms with E-state index in [1.807, 2.05) is 24.3 Å². The van der Waals surface area contributed by atoms with Crippen LogP contribution in [0.25, 0.3) is 22.0 Å². The minimum atomic E-state index is -1.46. The number of hydrogen-bond acceptors (Lipinski definition) is 3. The van der Waals surface area contributed by atoms with Crippen LogP contribution in [0.3, 0.4) is 0 Å². The second-order valence-corrected chi connectivity index (χ2v) is 9.14. The Morgan fingerprint density at radius 2 is 1.62 bits per heavy atom. The number of carbonyl (C=O) groups is 1. The van der Waals surface area contributed by atoms with Crippen molar-refractivity contribution in [2.24, 2.45) is 0 Å². The van der Waals surface area contributed by atoms with Gasteiger partial charge in [0.25, 0.3) is 0 Å². The van der Waals surface area contributed by atoms with E-state index in [2.05, 4.69) is 48.9 Å². The van der Waals surface area contributed by atoms with Gasteiger partial charge in [0.15, 0.2) is 5.60 Å². The summed E-state index contributed by atoms with van der Waals surface area (Å²) in [5, 5.41) is 12.6. The molecule has 2 aromatic carbocycles. The number of fused-ring (bicyclic) bond motifs is 5. The molecule has 4 nitrogen and oxygen atoms in total. The molecule has 1 aliphatic rings. The minimum absolute atomic E-state index is 0.203. The Bertz CT molecular complexity index is 1090. The van der Waals surface area contributed by atoms with Gasteiger partial charge in [-0.25, -0.2) is 0 Å². The van der Waals surface area contributed by atoms with E-state index in [4.69, 9.17) is 0 Å². The number of rotatable bonds is 10. The Morgan fingerprint density at radius 3 is 2.31 bits per heavy atom. The standard InChI is InChI=1S/C28H36N2O2/c1-4-7-16-28(32)23-13-11-10-12-21(23)25-22-15-14-20(19-24(22)29-26(25)27(28)31)30(17-8-5-2)18-9-6-3/h10-15,19,29,32H,4-9,16-18H2,1-3H3. The first kappa shape index (κ1) is 22.6. The average Bonchev–Trinajstić information content (AvgIpc) is 3.20. The first-order valence-corrected chi connectivity index (χ1v) is 12.3. The summed E-state index contributed by atoms with van der Waals surface area (Å²) in [4.78, 5) is 19.5. The summed E-state index contributed by atoms with van der Waals surface area (Å²) in [5.74, 6) is -0.203. The maximum absolute atomic E-state index is 13.6. The van der Waals surface area contributed by atoms with E-state index in [0.29, 0.717) is 12.1 Å². The molecule has 1 aliphatic carbocycles. The van der Waals surface area contributed by atoms with Gasteiger partial charge in [0.2, 0.25) is 5.78 Å². The zero-order chi connectivity index (χ0) is 22.7. The van der Waals surface area contributed by atoms with Crippen molar-refractivity contribution in [1.82, 2.24) is 4.98 Å². The number of aromatic amines is 1. The lowest BCUT2D eigenvalue weighted by atomic mass is 9.74. The number of aromatic nitrogens is 1. The van der Waals surface area contributed by atoms with Gasteiger partial charge in [0.05, 0.1) is 5.69 Å². The summed E-state index contributed by atoms with van der Waals surface area (Å²) >= 11 is 0. The first-order valence-electron chi connectivity index (χ1n) is 12.3. The number of anilines is 1. The molecule has 0 amide bonds. The van der Waals surface area contributed by atoms with Gasteiger partial charge in [-0.1, -0.05) is 76.8 Å². The predicted molar refractivity (Wildman–Crippen MR) is 134 cm³/mol. The van der Waals surface area contributed by atoms with Gasteiger partial charge in [-0.15, -0.1) is 0 Å². The van der Waals surface area contributed by atoms with Gasteiger partial charge in [-0.2, -0.15) is 0 Å². The predicted octanol–water partition coefficient (Wildman–Crippen LogP) is 6.82. The zero-order valence-corrected chi connectivity index (χ0v) is 19.7. The quantitative estimate of drug-likeness (QED) is 0.370. The summed E-state index contributed by atoms with van der Waals surface area (Å²) in [6.45, 7) is 8.62. The number of nitrogens with one attached hydrogen (secondary N) is 1. The normalized spacial score (nSPS) is 17.4. The fourth-order valence-corrected chi connectivity index (χ4v) is 4.97. The molecule has 170 valence electrons. The van der Waals surface area contributed by atoms with Crippen LogP contribution in [0, 0.1) is 0 Å². The van der Waals surface area contributed by atoms with Crippen LogP contribution >= 0.6 is 0 Å². The van der Waals surface area contributed by atoms with Crippen molar-refractivity contribution >= 4 is 22.4 Å². The minimum Gasteiger partial charge on any atom is -0.377 e. The lowest BCUT2D eigenvalue weighted by molar-refractivity contribution is 0.0230. The number of unbranched alkanes of at least 4 members (excludes halogenated alkanes) is 3. The first-order chi connectivity index (χ1) is 15.5. The molecule has 0 aliphatic heterocycles. The number of nitrogens with zero attached hydrogens (tertiary/aromatic N) is 1. The Labute approximate surface area is 191 Å². The van der Waals surface area contributed by atoms with Crippen LogP contribution in [0.4, 0.5) is 5.69 Å². The van der Waals surface area contributed by atoms with Crippen LogP contribution in [0.2, 0.25) is 0 Å². The average molecular weight is 433 g/mol. The van der Waals surface area contributed by atoms with Gasteiger partial charge in [-0.3, -0.25) is 4.79 Å². The highest BCUT2D eigenvalue weighted by Gasteiger charge is 2.45. The number of hydrogen-bond donors (Lipinski definition) is 2. The summed E-state index contributed by atoms with van der Waals surface area (Å²) in [5.41, 5.74) is 3.88. The number of benzene rings is 2. The Kier molecular flexibility index (Phi) is 6.71. The van der Waals surface area contributed by atoms with Crippen molar-refractivity contribution in [2.45, 2.75) is 71.3 Å². The summed E-state index contributed by atoms with van der Waals surface area (Å²) in [6.07, 6.45) is 6.86. The fourth-order valence-electron chi connectivity index (χ4n) is 4.97. The van der Waals surface area contributed by atoms with E-state index in [-0.39, 0.29) is 5.78 Å². The lowest BCUT2D eigenvalue weighted by Gasteiger charge is -2.33. The van der Waals surface area contributed by atoms with Crippen LogP contribution in [0.5, 0.6) is 0 Å². The molecule has 1 heterocycles. The SMILES string of the molecule is CCCCN(CCCC)c1ccc2c3c([nH]c2c1)C(=O)C(O)(CCCC)c1ccccc1-3. The maximum atomic E-state index is 13.6. The highest BCUT2D eigenvalue weighted by Crippen LogP contribution is 2.47. The number of aliphatic hydroxyl groups is 1. The van der Waals surface area contributed by atoms with E-state index in [1.165, 1.54) is 31.4 Å². The van der Waals surface area contributed by atoms with Gasteiger partial charge < -0.3 is 15.0 Å². The summed E-state index contributed by atoms with van der Waals surface area (Å²) < 4.78 is 0. The number of ketones is 1. The van der Waals surface area contributed by atoms with Crippen LogP contribution in [-0.2, 0) is 5.60 Å². The third-order valence-corrected chi connectivity index (χ3v) is 6.85. The lowest BCUT2D eigenvalue weighted by Crippen LogP contribution is -2.39. The summed E-state index contributed by atoms with van der Waals surface area (Å²) in [6, 6.07) is 14.4. The van der Waals surface area contributed by atoms with Crippen molar-refractivity contribution < 1.29 is 9.90 Å². The van der Waals surface area contributed by atoms with Crippen LogP contribution in [-0.4, -0.2) is 29.0 Å². The maximum Gasteiger partial charge on any atom is 0.215 e. The van der Waals surface area contributed by atoms with Crippen molar-refractivity contribution in [3.05, 3.63) is 53.7 Å². The zero-order valence-electron chi connectivity index (χ0n) is 19.7. The summed E-state index contributed by atoms with van der Waals surface area (Å²) in [7, 11) is 0. The molecule has 3 aromatic rings. The van der Waals surface area contributed by atoms with Crippen molar-refractivity contribution in [1.29, 1.82) is 0 Å². The van der Waals surface area contributed by atoms with E-state index >= 15 is 0 Å². The Morgan fingerprint density at radius 1 is 0.938 bits per heavy atom. The monoisotopic (exact) mass is 432 g/mol. The van der Waals surface area contributed by atoms with Crippen LogP contribution in [0.1, 0.15) is 81.8 Å². The third kappa shape index (κ3) is 3.86. The van der Waals surface area contributed by atoms with Gasteiger partial charge in [0, 0.05) is 35.2 Å². The van der Waals surface area contributed by atoms with Gasteiger partial charge in [-0.05, 0) is 42.5 Å². The molecule has 0 saturated heterocycles. The highest BCUT2D eigenvalue weighted by molar-refractivity contribution is 6.17. The second-order valence-electron chi connectivity index (χ2n) is 9.14. The molecule has 32 heavy (non-hydrogen) atoms. The molecule has 1 atom stereocenters. The molecule has 0 spiro atoms. The molecular weight excluding hydrogens is 396 g/mol. The number of H-pyrrole nitrogens is 1. The van der Waals surface area contributed by atoms with E-state index in [9.17, 15) is 9.90 Å². The molecule has 4 heteroatoms. The van der Waals surface area contributed by atoms with E-state index < -0.39 is 5.60 Å². The van der Waals surface area contributed by atoms with Crippen molar-refractivity contribution in [2.75, 3.05) is 18.0 Å². The van der Waals surface area contributed by atoms with Gasteiger partial charge >= 0.3 is 0 Å². The largest absolute Gasteiger partial charge is 0.377 e. The molecule has 0 bridgehead atoms. The van der Waals surface area contributed by atoms with Crippen LogP contribution < -0.4 is 4.90 Å². The third-order valence-electron chi connectivity index (χ3n) is 6.85. The topological polar surface area (TPSA) is 56.3 Å². The molecule has 0 radical (unpaired) electrons. The molecule has 2 N–H and O–H groups in total. The molecule has 0 saturated carbocycles. The van der Waals surface area contributed by atoms with E-state index in [1.54, 1.807) is 0 Å². The van der Waals surface area contributed by atoms with Crippen LogP contribution in [0.15, 0.2) is 42.5 Å². The molecular formula is C28H36N2O2. The molecule has 4 rings (SSSR count). The van der Waals surface area contributed by atoms with Crippen molar-refractivity contribution in [3.63, 3.8) is 0 Å². The number of Topliss-reactive ketones (excluding diaryl/α,β-unsaturated/α-hetero) is 1. The molecule has 1 unspecified atom stereocenters. The highest BCUT2D eigenvalue weighted by atomic mass is 16.3. The molecule has 0 fully saturated rings. The smallest absolute Gasteiger partial charge is 0.215 e. The fraction of sp³-hybridized carbons (Fsp3) is 0.464.